The largest absolute Gasteiger partial charge is 0.359 e. The maximum atomic E-state index is 11.6. The lowest BCUT2D eigenvalue weighted by molar-refractivity contribution is -0.125. The summed E-state index contributed by atoms with van der Waals surface area (Å²) in [4.78, 5) is 11.6. The average molecular weight is 197 g/mol. The topological polar surface area (TPSA) is 29.1 Å². The molecule has 82 valence electrons. The standard InChI is InChI=1S/C12H23NO/c1-6-7-8-10(11(14)13-5)9-12(2,3)4/h6,10H,1,7-9H2,2-5H3,(H,13,14). The highest BCUT2D eigenvalue weighted by Gasteiger charge is 2.23. The monoisotopic (exact) mass is 197 g/mol. The van der Waals surface area contributed by atoms with Gasteiger partial charge in [0.2, 0.25) is 5.91 Å². The zero-order chi connectivity index (χ0) is 11.2. The number of carbonyl (C=O) groups excluding carboxylic acids is 1. The molecule has 0 heterocycles. The average Bonchev–Trinajstić information content (AvgIpc) is 2.09. The van der Waals surface area contributed by atoms with Crippen LogP contribution in [-0.2, 0) is 4.79 Å². The third-order valence-corrected chi connectivity index (χ3v) is 2.20. The maximum absolute atomic E-state index is 11.6. The molecule has 0 radical (unpaired) electrons. The van der Waals surface area contributed by atoms with Crippen LogP contribution in [0.25, 0.3) is 0 Å². The van der Waals surface area contributed by atoms with Crippen molar-refractivity contribution in [2.75, 3.05) is 7.05 Å². The number of nitrogens with one attached hydrogen (secondary N) is 1. The van der Waals surface area contributed by atoms with Crippen LogP contribution in [0.2, 0.25) is 0 Å². The Morgan fingerprint density at radius 2 is 2.07 bits per heavy atom. The van der Waals surface area contributed by atoms with Crippen molar-refractivity contribution in [3.63, 3.8) is 0 Å². The maximum Gasteiger partial charge on any atom is 0.222 e. The predicted molar refractivity (Wildman–Crippen MR) is 61.1 cm³/mol. The highest BCUT2D eigenvalue weighted by Crippen LogP contribution is 2.27. The lowest BCUT2D eigenvalue weighted by Gasteiger charge is -2.24. The number of allylic oxidation sites excluding steroid dienone is 1. The van der Waals surface area contributed by atoms with E-state index in [1.165, 1.54) is 0 Å². The van der Waals surface area contributed by atoms with Gasteiger partial charge >= 0.3 is 0 Å². The second-order valence-electron chi connectivity index (χ2n) is 4.94. The molecule has 0 fully saturated rings. The summed E-state index contributed by atoms with van der Waals surface area (Å²) in [5.41, 5.74) is 0.207. The molecule has 1 amide bonds. The fraction of sp³-hybridized carbons (Fsp3) is 0.750. The van der Waals surface area contributed by atoms with Crippen LogP contribution in [0.1, 0.15) is 40.0 Å². The first-order valence-corrected chi connectivity index (χ1v) is 5.23. The van der Waals surface area contributed by atoms with Crippen molar-refractivity contribution < 1.29 is 4.79 Å². The van der Waals surface area contributed by atoms with E-state index >= 15 is 0 Å². The van der Waals surface area contributed by atoms with Gasteiger partial charge in [-0.25, -0.2) is 0 Å². The van der Waals surface area contributed by atoms with Crippen LogP contribution in [-0.4, -0.2) is 13.0 Å². The normalized spacial score (nSPS) is 13.4. The second kappa shape index (κ2) is 5.84. The van der Waals surface area contributed by atoms with Gasteiger partial charge in [-0.15, -0.1) is 6.58 Å². The molecule has 0 aliphatic rings. The SMILES string of the molecule is C=CCCC(CC(C)(C)C)C(=O)NC. The Kier molecular flexibility index (Phi) is 5.51. The van der Waals surface area contributed by atoms with Crippen molar-refractivity contribution in [3.8, 4) is 0 Å². The molecular weight excluding hydrogens is 174 g/mol. The lowest BCUT2D eigenvalue weighted by atomic mass is 9.82. The fourth-order valence-corrected chi connectivity index (χ4v) is 1.59. The zero-order valence-electron chi connectivity index (χ0n) is 9.89. The van der Waals surface area contributed by atoms with Gasteiger partial charge in [0.1, 0.15) is 0 Å². The highest BCUT2D eigenvalue weighted by atomic mass is 16.1. The number of rotatable bonds is 5. The Bertz CT molecular complexity index is 191. The van der Waals surface area contributed by atoms with Crippen molar-refractivity contribution >= 4 is 5.91 Å². The van der Waals surface area contributed by atoms with Crippen molar-refractivity contribution in [2.24, 2.45) is 11.3 Å². The summed E-state index contributed by atoms with van der Waals surface area (Å²) < 4.78 is 0. The minimum atomic E-state index is 0.123. The predicted octanol–water partition coefficient (Wildman–Crippen LogP) is 2.75. The molecule has 2 nitrogen and oxygen atoms in total. The van der Waals surface area contributed by atoms with E-state index in [0.717, 1.165) is 19.3 Å². The van der Waals surface area contributed by atoms with Gasteiger partial charge in [0.25, 0.3) is 0 Å². The first kappa shape index (κ1) is 13.2. The lowest BCUT2D eigenvalue weighted by Crippen LogP contribution is -2.30. The summed E-state index contributed by atoms with van der Waals surface area (Å²) >= 11 is 0. The first-order valence-electron chi connectivity index (χ1n) is 5.23. The van der Waals surface area contributed by atoms with Crippen LogP contribution in [0.4, 0.5) is 0 Å². The van der Waals surface area contributed by atoms with E-state index < -0.39 is 0 Å². The molecule has 1 N–H and O–H groups in total. The number of hydrogen-bond acceptors (Lipinski definition) is 1. The van der Waals surface area contributed by atoms with E-state index in [1.54, 1.807) is 7.05 Å². The van der Waals surface area contributed by atoms with Crippen molar-refractivity contribution in [1.82, 2.24) is 5.32 Å². The van der Waals surface area contributed by atoms with Crippen molar-refractivity contribution in [3.05, 3.63) is 12.7 Å². The molecule has 0 saturated heterocycles. The van der Waals surface area contributed by atoms with Crippen molar-refractivity contribution in [1.29, 1.82) is 0 Å². The molecule has 0 saturated carbocycles. The number of amides is 1. The second-order valence-corrected chi connectivity index (χ2v) is 4.94. The molecule has 14 heavy (non-hydrogen) atoms. The van der Waals surface area contributed by atoms with Gasteiger partial charge in [-0.05, 0) is 24.7 Å². The summed E-state index contributed by atoms with van der Waals surface area (Å²) in [6, 6.07) is 0. The Balaban J connectivity index is 4.24. The van der Waals surface area contributed by atoms with Gasteiger partial charge in [-0.2, -0.15) is 0 Å². The van der Waals surface area contributed by atoms with Crippen LogP contribution in [0, 0.1) is 11.3 Å². The third kappa shape index (κ3) is 5.79. The Hall–Kier alpha value is -0.790. The molecule has 2 heteroatoms. The molecule has 1 unspecified atom stereocenters. The van der Waals surface area contributed by atoms with E-state index in [9.17, 15) is 4.79 Å². The Labute approximate surface area is 87.8 Å². The number of hydrogen-bond donors (Lipinski definition) is 1. The third-order valence-electron chi connectivity index (χ3n) is 2.20. The van der Waals surface area contributed by atoms with E-state index in [0.29, 0.717) is 0 Å². The summed E-state index contributed by atoms with van der Waals surface area (Å²) in [7, 11) is 1.70. The Morgan fingerprint density at radius 1 is 1.50 bits per heavy atom. The molecule has 0 aromatic heterocycles. The van der Waals surface area contributed by atoms with E-state index in [1.807, 2.05) is 6.08 Å². The molecule has 0 bridgehead atoms. The molecule has 0 aliphatic heterocycles. The molecule has 0 spiro atoms. The van der Waals surface area contributed by atoms with Crippen LogP contribution >= 0.6 is 0 Å². The van der Waals surface area contributed by atoms with Gasteiger partial charge in [0.15, 0.2) is 0 Å². The smallest absolute Gasteiger partial charge is 0.222 e. The van der Waals surface area contributed by atoms with Gasteiger partial charge in [0.05, 0.1) is 0 Å². The van der Waals surface area contributed by atoms with Gasteiger partial charge in [-0.1, -0.05) is 26.8 Å². The van der Waals surface area contributed by atoms with Gasteiger partial charge in [-0.3, -0.25) is 4.79 Å². The van der Waals surface area contributed by atoms with Crippen LogP contribution in [0.3, 0.4) is 0 Å². The minimum absolute atomic E-state index is 0.123. The van der Waals surface area contributed by atoms with E-state index in [4.69, 9.17) is 0 Å². The van der Waals surface area contributed by atoms with Crippen molar-refractivity contribution in [2.45, 2.75) is 40.0 Å². The summed E-state index contributed by atoms with van der Waals surface area (Å²) in [6.07, 6.45) is 4.62. The van der Waals surface area contributed by atoms with E-state index in [-0.39, 0.29) is 17.2 Å². The van der Waals surface area contributed by atoms with Gasteiger partial charge in [0, 0.05) is 13.0 Å². The molecule has 0 aromatic rings. The quantitative estimate of drug-likeness (QED) is 0.675. The number of carbonyl (C=O) groups is 1. The highest BCUT2D eigenvalue weighted by molar-refractivity contribution is 5.78. The fourth-order valence-electron chi connectivity index (χ4n) is 1.59. The van der Waals surface area contributed by atoms with Crippen LogP contribution < -0.4 is 5.32 Å². The molecule has 0 aromatic carbocycles. The van der Waals surface area contributed by atoms with Gasteiger partial charge < -0.3 is 5.32 Å². The van der Waals surface area contributed by atoms with Crippen LogP contribution in [0.5, 0.6) is 0 Å². The summed E-state index contributed by atoms with van der Waals surface area (Å²) in [5.74, 6) is 0.278. The zero-order valence-corrected chi connectivity index (χ0v) is 9.89. The van der Waals surface area contributed by atoms with Crippen LogP contribution in [0.15, 0.2) is 12.7 Å². The Morgan fingerprint density at radius 3 is 2.43 bits per heavy atom. The minimum Gasteiger partial charge on any atom is -0.359 e. The molecule has 1 atom stereocenters. The summed E-state index contributed by atoms with van der Waals surface area (Å²) in [5, 5.41) is 2.72. The van der Waals surface area contributed by atoms with E-state index in [2.05, 4.69) is 32.7 Å². The molecule has 0 aliphatic carbocycles. The molecular formula is C12H23NO. The summed E-state index contributed by atoms with van der Waals surface area (Å²) in [6.45, 7) is 10.2. The molecule has 0 rings (SSSR count). The first-order chi connectivity index (χ1) is 6.40.